The predicted molar refractivity (Wildman–Crippen MR) is 110 cm³/mol. The second-order valence-electron chi connectivity index (χ2n) is 7.09. The van der Waals surface area contributed by atoms with E-state index >= 15 is 0 Å². The summed E-state index contributed by atoms with van der Waals surface area (Å²) in [6.45, 7) is 5.77. The van der Waals surface area contributed by atoms with Crippen LogP contribution < -0.4 is 0 Å². The topological polar surface area (TPSA) is 60.7 Å². The zero-order valence-corrected chi connectivity index (χ0v) is 16.4. The maximum Gasteiger partial charge on any atom is 0.121 e. The molecule has 0 fully saturated rings. The third kappa shape index (κ3) is 6.11. The number of hydrogen-bond acceptors (Lipinski definition) is 3. The summed E-state index contributed by atoms with van der Waals surface area (Å²) in [5.74, 6) is 0.279. The van der Waals surface area contributed by atoms with Crippen LogP contribution in [0.15, 0.2) is 59.8 Å². The fourth-order valence-electron chi connectivity index (χ4n) is 3.19. The van der Waals surface area contributed by atoms with Crippen LogP contribution in [0.2, 0.25) is 0 Å². The van der Waals surface area contributed by atoms with Gasteiger partial charge in [-0.3, -0.25) is 0 Å². The van der Waals surface area contributed by atoms with Crippen LogP contribution in [-0.2, 0) is 0 Å². The van der Waals surface area contributed by atoms with Crippen molar-refractivity contribution in [3.8, 4) is 5.75 Å². The van der Waals surface area contributed by atoms with E-state index in [9.17, 15) is 15.3 Å². The molecule has 3 heteroatoms. The van der Waals surface area contributed by atoms with Gasteiger partial charge in [0.2, 0.25) is 0 Å². The summed E-state index contributed by atoms with van der Waals surface area (Å²) in [5.41, 5.74) is 7.57. The molecular formula is C24H30O3. The molecule has 2 atom stereocenters. The number of benzene rings is 2. The van der Waals surface area contributed by atoms with E-state index in [1.54, 1.807) is 0 Å². The standard InChI is InChI=1S/C24H30O3/c1-4-9-19(16-23(26)20-11-6-5-7-12-20)10-8-13-22(25)21-14-17(2)24(27)18(3)15-21/h5-8,11-12,14-15,22-23,25-27H,4,9,13,16H2,1-3H3/t10?,22-,23-/m1/s1. The molecule has 2 aromatic carbocycles. The van der Waals surface area contributed by atoms with E-state index < -0.39 is 12.2 Å². The van der Waals surface area contributed by atoms with E-state index in [-0.39, 0.29) is 5.75 Å². The Kier molecular flexibility index (Phi) is 7.87. The molecule has 0 radical (unpaired) electrons. The minimum absolute atomic E-state index is 0.279. The van der Waals surface area contributed by atoms with Gasteiger partial charge >= 0.3 is 0 Å². The molecule has 0 amide bonds. The van der Waals surface area contributed by atoms with Crippen LogP contribution >= 0.6 is 0 Å². The first kappa shape index (κ1) is 21.0. The third-order valence-electron chi connectivity index (χ3n) is 4.72. The van der Waals surface area contributed by atoms with Crippen molar-refractivity contribution in [1.82, 2.24) is 0 Å². The Bertz CT molecular complexity index is 779. The molecule has 0 saturated heterocycles. The van der Waals surface area contributed by atoms with Crippen molar-refractivity contribution in [3.05, 3.63) is 82.1 Å². The van der Waals surface area contributed by atoms with E-state index in [1.165, 1.54) is 0 Å². The summed E-state index contributed by atoms with van der Waals surface area (Å²) in [6.07, 6.45) is 3.51. The van der Waals surface area contributed by atoms with Crippen molar-refractivity contribution < 1.29 is 15.3 Å². The lowest BCUT2D eigenvalue weighted by molar-refractivity contribution is 0.177. The van der Waals surface area contributed by atoms with E-state index in [4.69, 9.17) is 0 Å². The molecule has 3 nitrogen and oxygen atoms in total. The lowest BCUT2D eigenvalue weighted by Gasteiger charge is -2.13. The summed E-state index contributed by atoms with van der Waals surface area (Å²) >= 11 is 0. The zero-order chi connectivity index (χ0) is 19.8. The second kappa shape index (κ2) is 10.1. The molecule has 3 N–H and O–H groups in total. The number of rotatable bonds is 8. The molecular weight excluding hydrogens is 336 g/mol. The largest absolute Gasteiger partial charge is 0.507 e. The first-order valence-corrected chi connectivity index (χ1v) is 9.56. The first-order valence-electron chi connectivity index (χ1n) is 9.56. The molecule has 0 bridgehead atoms. The van der Waals surface area contributed by atoms with Crippen LogP contribution in [0, 0.1) is 13.8 Å². The third-order valence-corrected chi connectivity index (χ3v) is 4.72. The highest BCUT2D eigenvalue weighted by molar-refractivity contribution is 5.42. The summed E-state index contributed by atoms with van der Waals surface area (Å²) in [5, 5.41) is 30.8. The average Bonchev–Trinajstić information content (AvgIpc) is 2.66. The van der Waals surface area contributed by atoms with Gasteiger partial charge in [0.25, 0.3) is 0 Å². The van der Waals surface area contributed by atoms with Gasteiger partial charge in [-0.1, -0.05) is 43.7 Å². The van der Waals surface area contributed by atoms with Crippen LogP contribution in [-0.4, -0.2) is 15.3 Å². The maximum atomic E-state index is 10.5. The lowest BCUT2D eigenvalue weighted by atomic mass is 9.98. The van der Waals surface area contributed by atoms with Gasteiger partial charge in [0.05, 0.1) is 12.2 Å². The molecule has 0 spiro atoms. The molecule has 27 heavy (non-hydrogen) atoms. The van der Waals surface area contributed by atoms with Crippen molar-refractivity contribution >= 4 is 0 Å². The normalized spacial score (nSPS) is 12.9. The quantitative estimate of drug-likeness (QED) is 0.545. The Morgan fingerprint density at radius 1 is 1.00 bits per heavy atom. The van der Waals surface area contributed by atoms with Gasteiger partial charge in [-0.25, -0.2) is 0 Å². The number of aryl methyl sites for hydroxylation is 2. The highest BCUT2D eigenvalue weighted by Crippen LogP contribution is 2.28. The number of phenolic OH excluding ortho intramolecular Hbond substituents is 1. The fraction of sp³-hybridized carbons (Fsp3) is 0.375. The molecule has 0 aliphatic carbocycles. The molecule has 0 aliphatic heterocycles. The van der Waals surface area contributed by atoms with E-state index in [2.05, 4.69) is 12.7 Å². The number of phenols is 1. The van der Waals surface area contributed by atoms with Crippen LogP contribution in [0.25, 0.3) is 0 Å². The molecule has 0 unspecified atom stereocenters. The number of aliphatic hydroxyl groups excluding tert-OH is 2. The van der Waals surface area contributed by atoms with Crippen molar-refractivity contribution in [1.29, 1.82) is 0 Å². The zero-order valence-electron chi connectivity index (χ0n) is 16.4. The van der Waals surface area contributed by atoms with Crippen molar-refractivity contribution in [2.45, 2.75) is 58.7 Å². The molecule has 0 heterocycles. The van der Waals surface area contributed by atoms with E-state index in [0.29, 0.717) is 12.8 Å². The molecule has 2 aromatic rings. The van der Waals surface area contributed by atoms with Crippen LogP contribution in [0.4, 0.5) is 0 Å². The molecule has 0 saturated carbocycles. The minimum Gasteiger partial charge on any atom is -0.507 e. The van der Waals surface area contributed by atoms with Crippen molar-refractivity contribution in [2.24, 2.45) is 0 Å². The van der Waals surface area contributed by atoms with Gasteiger partial charge in [-0.05, 0) is 66.3 Å². The lowest BCUT2D eigenvalue weighted by Crippen LogP contribution is -1.99. The predicted octanol–water partition coefficient (Wildman–Crippen LogP) is 5.44. The summed E-state index contributed by atoms with van der Waals surface area (Å²) in [7, 11) is 0. The maximum absolute atomic E-state index is 10.5. The second-order valence-corrected chi connectivity index (χ2v) is 7.09. The number of aromatic hydroxyl groups is 1. The Labute approximate surface area is 162 Å². The highest BCUT2D eigenvalue weighted by Gasteiger charge is 2.11. The van der Waals surface area contributed by atoms with Gasteiger partial charge in [-0.15, -0.1) is 5.73 Å². The van der Waals surface area contributed by atoms with Gasteiger partial charge in [0.15, 0.2) is 0 Å². The summed E-state index contributed by atoms with van der Waals surface area (Å²) in [4.78, 5) is 0. The van der Waals surface area contributed by atoms with Crippen LogP contribution in [0.5, 0.6) is 5.75 Å². The average molecular weight is 367 g/mol. The first-order chi connectivity index (χ1) is 12.9. The van der Waals surface area contributed by atoms with Crippen molar-refractivity contribution in [2.75, 3.05) is 0 Å². The number of aliphatic hydroxyl groups is 2. The molecule has 2 rings (SSSR count). The summed E-state index contributed by atoms with van der Waals surface area (Å²) in [6, 6.07) is 13.3. The molecule has 144 valence electrons. The Morgan fingerprint density at radius 3 is 2.22 bits per heavy atom. The van der Waals surface area contributed by atoms with Gasteiger partial charge < -0.3 is 15.3 Å². The minimum atomic E-state index is -0.641. The Balaban J connectivity index is 2.09. The molecule has 0 aromatic heterocycles. The number of hydrogen-bond donors (Lipinski definition) is 3. The Hall–Kier alpha value is -2.32. The fourth-order valence-corrected chi connectivity index (χ4v) is 3.19. The SMILES string of the molecule is CCCC(=C=CC[C@@H](O)c1cc(C)c(O)c(C)c1)C[C@@H](O)c1ccccc1. The van der Waals surface area contributed by atoms with Gasteiger partial charge in [-0.2, -0.15) is 0 Å². The summed E-state index contributed by atoms with van der Waals surface area (Å²) < 4.78 is 0. The van der Waals surface area contributed by atoms with Crippen molar-refractivity contribution in [3.63, 3.8) is 0 Å². The smallest absolute Gasteiger partial charge is 0.121 e. The van der Waals surface area contributed by atoms with E-state index in [0.717, 1.165) is 40.7 Å². The Morgan fingerprint density at radius 2 is 1.63 bits per heavy atom. The van der Waals surface area contributed by atoms with Crippen LogP contribution in [0.3, 0.4) is 0 Å². The van der Waals surface area contributed by atoms with Gasteiger partial charge in [0.1, 0.15) is 5.75 Å². The highest BCUT2D eigenvalue weighted by atomic mass is 16.3. The van der Waals surface area contributed by atoms with Gasteiger partial charge in [0, 0.05) is 12.8 Å². The van der Waals surface area contributed by atoms with E-state index in [1.807, 2.05) is 62.4 Å². The monoisotopic (exact) mass is 366 g/mol. The molecule has 0 aliphatic rings. The van der Waals surface area contributed by atoms with Crippen LogP contribution in [0.1, 0.15) is 67.1 Å².